The van der Waals surface area contributed by atoms with Crippen LogP contribution in [0.15, 0.2) is 41.8 Å². The summed E-state index contributed by atoms with van der Waals surface area (Å²) in [5.74, 6) is 0.390. The van der Waals surface area contributed by atoms with E-state index in [0.717, 1.165) is 5.56 Å². The van der Waals surface area contributed by atoms with Crippen molar-refractivity contribution >= 4 is 50.2 Å². The number of benzene rings is 1. The molecule has 0 unspecified atom stereocenters. The van der Waals surface area contributed by atoms with Gasteiger partial charge in [0.1, 0.15) is 27.2 Å². The first-order valence-corrected chi connectivity index (χ1v) is 10.7. The first-order valence-electron chi connectivity index (χ1n) is 9.02. The van der Waals surface area contributed by atoms with Crippen LogP contribution in [0.5, 0.6) is 0 Å². The second-order valence-electron chi connectivity index (χ2n) is 6.97. The van der Waals surface area contributed by atoms with E-state index in [1.165, 1.54) is 28.2 Å². The summed E-state index contributed by atoms with van der Waals surface area (Å²) in [7, 11) is 0. The zero-order valence-electron chi connectivity index (χ0n) is 15.9. The van der Waals surface area contributed by atoms with Gasteiger partial charge in [0.2, 0.25) is 5.78 Å². The molecule has 144 valence electrons. The standard InChI is InChI=1S/C22H18N4OS2/c1-11(2)12-5-7-13(8-6-12)16-14(10-23)21(25)26-22-17(16)18(24)20(29-22)19(27)15-4-3-9-28-15/h3-9,11H,24H2,1-2H3,(H2,25,26). The molecule has 0 saturated carbocycles. The van der Waals surface area contributed by atoms with Crippen molar-refractivity contribution < 1.29 is 4.79 Å². The SMILES string of the molecule is CC(C)c1ccc(-c2c(C#N)c(N)nc3sc(C(=O)c4cccs4)c(N)c23)cc1. The van der Waals surface area contributed by atoms with Crippen LogP contribution in [0.2, 0.25) is 0 Å². The second kappa shape index (κ2) is 7.32. The lowest BCUT2D eigenvalue weighted by molar-refractivity contribution is 0.104. The number of rotatable bonds is 4. The lowest BCUT2D eigenvalue weighted by Crippen LogP contribution is -2.01. The van der Waals surface area contributed by atoms with Crippen molar-refractivity contribution in [1.82, 2.24) is 4.98 Å². The number of nitrogens with zero attached hydrogens (tertiary/aromatic N) is 2. The lowest BCUT2D eigenvalue weighted by Gasteiger charge is -2.11. The average Bonchev–Trinajstić information content (AvgIpc) is 3.35. The molecule has 5 nitrogen and oxygen atoms in total. The van der Waals surface area contributed by atoms with E-state index < -0.39 is 0 Å². The predicted molar refractivity (Wildman–Crippen MR) is 120 cm³/mol. The molecule has 29 heavy (non-hydrogen) atoms. The van der Waals surface area contributed by atoms with Crippen LogP contribution in [0.3, 0.4) is 0 Å². The largest absolute Gasteiger partial charge is 0.397 e. The molecule has 0 fully saturated rings. The Kier molecular flexibility index (Phi) is 4.82. The minimum atomic E-state index is -0.140. The fraction of sp³-hybridized carbons (Fsp3) is 0.136. The van der Waals surface area contributed by atoms with Gasteiger partial charge in [-0.2, -0.15) is 5.26 Å². The van der Waals surface area contributed by atoms with Crippen molar-refractivity contribution in [2.24, 2.45) is 0 Å². The molecule has 4 aromatic rings. The van der Waals surface area contributed by atoms with Gasteiger partial charge in [0.15, 0.2) is 0 Å². The third-order valence-corrected chi connectivity index (χ3v) is 6.80. The molecule has 0 bridgehead atoms. The zero-order chi connectivity index (χ0) is 20.7. The number of aromatic nitrogens is 1. The molecular formula is C22H18N4OS2. The fourth-order valence-corrected chi connectivity index (χ4v) is 5.10. The third-order valence-electron chi connectivity index (χ3n) is 4.83. The normalized spacial score (nSPS) is 11.1. The summed E-state index contributed by atoms with van der Waals surface area (Å²) in [5.41, 5.74) is 15.8. The number of anilines is 2. The molecule has 3 heterocycles. The Morgan fingerprint density at radius 3 is 2.48 bits per heavy atom. The third kappa shape index (κ3) is 3.16. The average molecular weight is 419 g/mol. The van der Waals surface area contributed by atoms with E-state index in [-0.39, 0.29) is 17.2 Å². The maximum Gasteiger partial charge on any atom is 0.215 e. The molecule has 0 atom stereocenters. The minimum Gasteiger partial charge on any atom is -0.397 e. The molecule has 0 aliphatic rings. The zero-order valence-corrected chi connectivity index (χ0v) is 17.5. The first-order chi connectivity index (χ1) is 13.9. The van der Waals surface area contributed by atoms with Gasteiger partial charge in [0.25, 0.3) is 0 Å². The van der Waals surface area contributed by atoms with Crippen LogP contribution in [0, 0.1) is 11.3 Å². The summed E-state index contributed by atoms with van der Waals surface area (Å²) in [6, 6.07) is 13.7. The van der Waals surface area contributed by atoms with Crippen LogP contribution >= 0.6 is 22.7 Å². The Morgan fingerprint density at radius 1 is 1.17 bits per heavy atom. The van der Waals surface area contributed by atoms with Crippen LogP contribution in [-0.4, -0.2) is 10.8 Å². The van der Waals surface area contributed by atoms with E-state index >= 15 is 0 Å². The number of pyridine rings is 1. The Hall–Kier alpha value is -3.21. The van der Waals surface area contributed by atoms with Gasteiger partial charge >= 0.3 is 0 Å². The number of carbonyl (C=O) groups is 1. The van der Waals surface area contributed by atoms with E-state index in [2.05, 4.69) is 24.9 Å². The smallest absolute Gasteiger partial charge is 0.215 e. The Balaban J connectivity index is 1.99. The summed E-state index contributed by atoms with van der Waals surface area (Å²) in [4.78, 5) is 18.9. The molecule has 0 amide bonds. The van der Waals surface area contributed by atoms with Crippen LogP contribution in [0.25, 0.3) is 21.3 Å². The summed E-state index contributed by atoms with van der Waals surface area (Å²) in [6.45, 7) is 4.25. The molecule has 4 rings (SSSR count). The van der Waals surface area contributed by atoms with Crippen molar-refractivity contribution in [2.75, 3.05) is 11.5 Å². The molecule has 0 aliphatic heterocycles. The van der Waals surface area contributed by atoms with Gasteiger partial charge in [-0.3, -0.25) is 4.79 Å². The summed E-state index contributed by atoms with van der Waals surface area (Å²) in [5, 5.41) is 12.2. The van der Waals surface area contributed by atoms with Crippen molar-refractivity contribution in [3.8, 4) is 17.2 Å². The number of thiophene rings is 2. The molecule has 1 aromatic carbocycles. The highest BCUT2D eigenvalue weighted by molar-refractivity contribution is 7.22. The van der Waals surface area contributed by atoms with Crippen molar-refractivity contribution in [3.05, 3.63) is 62.7 Å². The Morgan fingerprint density at radius 2 is 1.90 bits per heavy atom. The summed E-state index contributed by atoms with van der Waals surface area (Å²) < 4.78 is 0. The highest BCUT2D eigenvalue weighted by Crippen LogP contribution is 2.43. The van der Waals surface area contributed by atoms with E-state index in [1.54, 1.807) is 6.07 Å². The number of fused-ring (bicyclic) bond motifs is 1. The highest BCUT2D eigenvalue weighted by atomic mass is 32.1. The van der Waals surface area contributed by atoms with E-state index in [1.807, 2.05) is 35.7 Å². The molecule has 0 aliphatic carbocycles. The minimum absolute atomic E-state index is 0.138. The number of ketones is 1. The van der Waals surface area contributed by atoms with E-state index in [4.69, 9.17) is 11.5 Å². The lowest BCUT2D eigenvalue weighted by atomic mass is 9.94. The maximum atomic E-state index is 12.9. The number of nitriles is 1. The summed E-state index contributed by atoms with van der Waals surface area (Å²) >= 11 is 2.58. The van der Waals surface area contributed by atoms with Gasteiger partial charge in [-0.15, -0.1) is 22.7 Å². The Labute approximate surface area is 176 Å². The Bertz CT molecular complexity index is 1260. The first kappa shape index (κ1) is 19.1. The monoisotopic (exact) mass is 418 g/mol. The molecule has 0 spiro atoms. The highest BCUT2D eigenvalue weighted by Gasteiger charge is 2.25. The van der Waals surface area contributed by atoms with Crippen LogP contribution in [0.4, 0.5) is 11.5 Å². The molecular weight excluding hydrogens is 400 g/mol. The fourth-order valence-electron chi connectivity index (χ4n) is 3.29. The van der Waals surface area contributed by atoms with Gasteiger partial charge in [0.05, 0.1) is 10.6 Å². The maximum absolute atomic E-state index is 12.9. The number of nitrogens with two attached hydrogens (primary N) is 2. The van der Waals surface area contributed by atoms with Gasteiger partial charge < -0.3 is 11.5 Å². The van der Waals surface area contributed by atoms with E-state index in [0.29, 0.717) is 37.1 Å². The van der Waals surface area contributed by atoms with Gasteiger partial charge in [0, 0.05) is 10.9 Å². The quantitative estimate of drug-likeness (QED) is 0.431. The van der Waals surface area contributed by atoms with Crippen LogP contribution < -0.4 is 11.5 Å². The molecule has 7 heteroatoms. The van der Waals surface area contributed by atoms with Crippen LogP contribution in [0.1, 0.15) is 45.4 Å². The number of hydrogen-bond acceptors (Lipinski definition) is 7. The molecule has 0 saturated heterocycles. The van der Waals surface area contributed by atoms with Gasteiger partial charge in [-0.25, -0.2) is 4.98 Å². The summed E-state index contributed by atoms with van der Waals surface area (Å²) in [6.07, 6.45) is 0. The van der Waals surface area contributed by atoms with Crippen molar-refractivity contribution in [2.45, 2.75) is 19.8 Å². The number of hydrogen-bond donors (Lipinski definition) is 2. The molecule has 3 aromatic heterocycles. The number of nitrogen functional groups attached to an aromatic ring is 2. The van der Waals surface area contributed by atoms with Crippen molar-refractivity contribution in [3.63, 3.8) is 0 Å². The molecule has 0 radical (unpaired) electrons. The predicted octanol–water partition coefficient (Wildman–Crippen LogP) is 5.42. The van der Waals surface area contributed by atoms with Gasteiger partial charge in [-0.05, 0) is 28.5 Å². The topological polar surface area (TPSA) is 106 Å². The molecule has 4 N–H and O–H groups in total. The second-order valence-corrected chi connectivity index (χ2v) is 8.91. The van der Waals surface area contributed by atoms with Crippen molar-refractivity contribution in [1.29, 1.82) is 5.26 Å². The number of carbonyl (C=O) groups excluding carboxylic acids is 1. The van der Waals surface area contributed by atoms with Gasteiger partial charge in [-0.1, -0.05) is 44.2 Å². The van der Waals surface area contributed by atoms with Crippen LogP contribution in [-0.2, 0) is 0 Å². The van der Waals surface area contributed by atoms with E-state index in [9.17, 15) is 10.1 Å².